The Labute approximate surface area is 271 Å². The second-order valence-electron chi connectivity index (χ2n) is 10.2. The number of benzene rings is 2. The molecule has 3 heterocycles. The zero-order valence-corrected chi connectivity index (χ0v) is 27.3. The lowest BCUT2D eigenvalue weighted by Gasteiger charge is -2.22. The van der Waals surface area contributed by atoms with Gasteiger partial charge in [0.15, 0.2) is 4.34 Å². The predicted octanol–water partition coefficient (Wildman–Crippen LogP) is 7.77. The number of anilines is 1. The molecule has 0 bridgehead atoms. The van der Waals surface area contributed by atoms with Crippen molar-refractivity contribution in [3.05, 3.63) is 64.0 Å². The molecule has 0 atom stereocenters. The normalized spacial score (nSPS) is 16.8. The third kappa shape index (κ3) is 8.01. The molecule has 2 aromatic carbocycles. The highest BCUT2D eigenvalue weighted by atomic mass is 32.2. The van der Waals surface area contributed by atoms with E-state index < -0.39 is 0 Å². The average Bonchev–Trinajstić information content (AvgIpc) is 3.71. The van der Waals surface area contributed by atoms with Gasteiger partial charge in [0.05, 0.1) is 27.0 Å². The molecular formula is C30H29N5O3S5. The summed E-state index contributed by atoms with van der Waals surface area (Å²) in [6.45, 7) is 0.379. The summed E-state index contributed by atoms with van der Waals surface area (Å²) in [6, 6.07) is 15.9. The van der Waals surface area contributed by atoms with E-state index in [1.165, 1.54) is 42.4 Å². The minimum atomic E-state index is -0.168. The maximum absolute atomic E-state index is 13.0. The number of hydrogen-bond donors (Lipinski definition) is 1. The quantitative estimate of drug-likeness (QED) is 0.0977. The minimum Gasteiger partial charge on any atom is -0.490 e. The van der Waals surface area contributed by atoms with Crippen LogP contribution >= 0.6 is 58.4 Å². The minimum absolute atomic E-state index is 0.127. The average molecular weight is 668 g/mol. The van der Waals surface area contributed by atoms with Crippen LogP contribution in [0.1, 0.15) is 55.5 Å². The first-order valence-corrected chi connectivity index (χ1v) is 18.0. The Kier molecular flexibility index (Phi) is 10.0. The Morgan fingerprint density at radius 3 is 2.72 bits per heavy atom. The first-order valence-electron chi connectivity index (χ1n) is 14.1. The first-order chi connectivity index (χ1) is 21.0. The van der Waals surface area contributed by atoms with Gasteiger partial charge < -0.3 is 10.1 Å². The number of aromatic nitrogens is 3. The lowest BCUT2D eigenvalue weighted by molar-refractivity contribution is -0.122. The molecule has 0 spiro atoms. The zero-order chi connectivity index (χ0) is 29.6. The summed E-state index contributed by atoms with van der Waals surface area (Å²) in [7, 11) is 0. The third-order valence-corrected chi connectivity index (χ3v) is 11.6. The zero-order valence-electron chi connectivity index (χ0n) is 23.2. The first kappa shape index (κ1) is 30.2. The number of thiocarbonyl (C=S) groups is 1. The largest absolute Gasteiger partial charge is 0.490 e. The third-order valence-electron chi connectivity index (χ3n) is 7.00. The van der Waals surface area contributed by atoms with E-state index >= 15 is 0 Å². The Hall–Kier alpha value is -2.84. The highest BCUT2D eigenvalue weighted by Crippen LogP contribution is 2.34. The molecule has 222 valence electrons. The van der Waals surface area contributed by atoms with E-state index in [2.05, 4.69) is 26.6 Å². The Morgan fingerprint density at radius 1 is 1.09 bits per heavy atom. The molecule has 1 saturated heterocycles. The summed E-state index contributed by atoms with van der Waals surface area (Å²) in [5.74, 6) is 1.20. The standard InChI is InChI=1S/C30H29N5O3S5/c36-25(32-28-34-33-26(43-28)18-40-29-31-22-9-4-5-10-23(22)41-29)11-6-16-35-27(37)24(42-30(35)39)17-19-12-14-21(15-13-19)38-20-7-2-1-3-8-20/h4-5,9-10,12-15,17,20H,1-3,6-8,11,16,18H2,(H,32,34,36)/b24-17-. The van der Waals surface area contributed by atoms with Crippen molar-refractivity contribution in [3.8, 4) is 5.75 Å². The van der Waals surface area contributed by atoms with Gasteiger partial charge in [0, 0.05) is 13.0 Å². The summed E-state index contributed by atoms with van der Waals surface area (Å²) >= 11 is 11.4. The molecular weight excluding hydrogens is 639 g/mol. The van der Waals surface area contributed by atoms with Gasteiger partial charge in [0.2, 0.25) is 11.0 Å². The fourth-order valence-electron chi connectivity index (χ4n) is 4.84. The summed E-state index contributed by atoms with van der Waals surface area (Å²) in [4.78, 5) is 32.4. The molecule has 2 aromatic heterocycles. The van der Waals surface area contributed by atoms with Gasteiger partial charge >= 0.3 is 0 Å². The van der Waals surface area contributed by atoms with E-state index in [-0.39, 0.29) is 18.2 Å². The summed E-state index contributed by atoms with van der Waals surface area (Å²) in [6.07, 6.45) is 8.86. The molecule has 1 saturated carbocycles. The number of thiazole rings is 1. The predicted molar refractivity (Wildman–Crippen MR) is 181 cm³/mol. The van der Waals surface area contributed by atoms with Crippen molar-refractivity contribution in [2.75, 3.05) is 11.9 Å². The van der Waals surface area contributed by atoms with Crippen LogP contribution in [0.25, 0.3) is 16.3 Å². The molecule has 1 aliphatic carbocycles. The van der Waals surface area contributed by atoms with E-state index in [1.54, 1.807) is 28.0 Å². The smallest absolute Gasteiger partial charge is 0.266 e. The van der Waals surface area contributed by atoms with Crippen molar-refractivity contribution in [1.29, 1.82) is 0 Å². The van der Waals surface area contributed by atoms with Crippen LogP contribution in [0.3, 0.4) is 0 Å². The van der Waals surface area contributed by atoms with Crippen molar-refractivity contribution in [2.45, 2.75) is 61.1 Å². The van der Waals surface area contributed by atoms with E-state index in [9.17, 15) is 9.59 Å². The van der Waals surface area contributed by atoms with Crippen molar-refractivity contribution >= 4 is 96.0 Å². The van der Waals surface area contributed by atoms with Gasteiger partial charge in [0.25, 0.3) is 5.91 Å². The lowest BCUT2D eigenvalue weighted by Crippen LogP contribution is -2.29. The van der Waals surface area contributed by atoms with Crippen LogP contribution in [0.5, 0.6) is 5.75 Å². The van der Waals surface area contributed by atoms with Gasteiger partial charge in [-0.05, 0) is 68.0 Å². The van der Waals surface area contributed by atoms with Crippen molar-refractivity contribution in [2.24, 2.45) is 0 Å². The van der Waals surface area contributed by atoms with Gasteiger partial charge in [-0.15, -0.1) is 21.5 Å². The van der Waals surface area contributed by atoms with Crippen LogP contribution in [-0.4, -0.2) is 48.9 Å². The highest BCUT2D eigenvalue weighted by Gasteiger charge is 2.31. The van der Waals surface area contributed by atoms with E-state index in [1.807, 2.05) is 48.5 Å². The van der Waals surface area contributed by atoms with E-state index in [0.717, 1.165) is 43.7 Å². The van der Waals surface area contributed by atoms with Crippen molar-refractivity contribution in [1.82, 2.24) is 20.1 Å². The van der Waals surface area contributed by atoms with Crippen LogP contribution < -0.4 is 10.1 Å². The number of nitrogens with one attached hydrogen (secondary N) is 1. The summed E-state index contributed by atoms with van der Waals surface area (Å²) in [5, 5.41) is 12.4. The van der Waals surface area contributed by atoms with Crippen LogP contribution in [0.2, 0.25) is 0 Å². The molecule has 0 unspecified atom stereocenters. The molecule has 13 heteroatoms. The number of para-hydroxylation sites is 1. The number of fused-ring (bicyclic) bond motifs is 1. The summed E-state index contributed by atoms with van der Waals surface area (Å²) < 4.78 is 8.75. The molecule has 2 aliphatic rings. The number of rotatable bonds is 11. The van der Waals surface area contributed by atoms with Crippen LogP contribution in [0.15, 0.2) is 57.8 Å². The fourth-order valence-corrected chi connectivity index (χ4v) is 8.96. The van der Waals surface area contributed by atoms with Gasteiger partial charge in [-0.1, -0.05) is 77.8 Å². The number of thioether (sulfide) groups is 2. The van der Waals surface area contributed by atoms with Crippen LogP contribution in [0, 0.1) is 0 Å². The SMILES string of the molecule is O=C(CCCN1C(=O)/C(=C/c2ccc(OC3CCCCC3)cc2)SC1=S)Nc1nnc(CSc2nc3ccccc3s2)s1. The lowest BCUT2D eigenvalue weighted by atomic mass is 9.98. The molecule has 8 nitrogen and oxygen atoms in total. The molecule has 2 fully saturated rings. The number of amides is 2. The monoisotopic (exact) mass is 667 g/mol. The Bertz CT molecular complexity index is 1610. The number of hydrogen-bond acceptors (Lipinski definition) is 11. The van der Waals surface area contributed by atoms with Crippen molar-refractivity contribution in [3.63, 3.8) is 0 Å². The maximum atomic E-state index is 13.0. The van der Waals surface area contributed by atoms with Gasteiger partial charge in [0.1, 0.15) is 15.1 Å². The van der Waals surface area contributed by atoms with Crippen LogP contribution in [-0.2, 0) is 15.3 Å². The molecule has 6 rings (SSSR count). The molecule has 1 aliphatic heterocycles. The maximum Gasteiger partial charge on any atom is 0.266 e. The van der Waals surface area contributed by atoms with Gasteiger partial charge in [-0.3, -0.25) is 14.5 Å². The van der Waals surface area contributed by atoms with Gasteiger partial charge in [-0.2, -0.15) is 0 Å². The highest BCUT2D eigenvalue weighted by molar-refractivity contribution is 8.26. The topological polar surface area (TPSA) is 97.3 Å². The van der Waals surface area contributed by atoms with E-state index in [0.29, 0.717) is 39.2 Å². The molecule has 2 amide bonds. The molecule has 4 aromatic rings. The second-order valence-corrected chi connectivity index (χ2v) is 15.2. The Morgan fingerprint density at radius 2 is 1.91 bits per heavy atom. The van der Waals surface area contributed by atoms with Crippen molar-refractivity contribution < 1.29 is 14.3 Å². The molecule has 0 radical (unpaired) electrons. The second kappa shape index (κ2) is 14.3. The molecule has 1 N–H and O–H groups in total. The van der Waals surface area contributed by atoms with E-state index in [4.69, 9.17) is 17.0 Å². The summed E-state index contributed by atoms with van der Waals surface area (Å²) in [5.41, 5.74) is 1.92. The number of ether oxygens (including phenoxy) is 1. The van der Waals surface area contributed by atoms with Gasteiger partial charge in [-0.25, -0.2) is 4.98 Å². The number of nitrogens with zero attached hydrogens (tertiary/aromatic N) is 4. The van der Waals surface area contributed by atoms with Crippen LogP contribution in [0.4, 0.5) is 5.13 Å². The fraction of sp³-hybridized carbons (Fsp3) is 0.333. The number of carbonyl (C=O) groups excluding carboxylic acids is 2. The molecule has 43 heavy (non-hydrogen) atoms. The Balaban J connectivity index is 0.939. The number of carbonyl (C=O) groups is 2.